The fraction of sp³-hybridized carbons (Fsp3) is 0.333. The molecule has 1 heterocycles. The summed E-state index contributed by atoms with van der Waals surface area (Å²) in [6.07, 6.45) is -8.56. The number of hydrogen-bond acceptors (Lipinski definition) is 4. The minimum Gasteiger partial charge on any atom is -0.505 e. The van der Waals surface area contributed by atoms with Crippen LogP contribution in [0.3, 0.4) is 0 Å². The molecule has 0 spiro atoms. The Morgan fingerprint density at radius 1 is 1.20 bits per heavy atom. The number of aliphatic hydroxyl groups excluding tert-OH is 2. The molecule has 3 atom stereocenters. The third kappa shape index (κ3) is 6.14. The molecular weight excluding hydrogens is 270 g/mol. The molecule has 0 aromatic carbocycles. The van der Waals surface area contributed by atoms with Crippen molar-refractivity contribution in [3.8, 4) is 5.88 Å². The van der Waals surface area contributed by atoms with Gasteiger partial charge in [0, 0.05) is 12.2 Å². The van der Waals surface area contributed by atoms with Gasteiger partial charge in [0.1, 0.15) is 5.69 Å². The number of ether oxygens (including phenoxy) is 1. The maximum absolute atomic E-state index is 12.4. The van der Waals surface area contributed by atoms with Crippen LogP contribution in [0.4, 0.5) is 13.2 Å². The topological polar surface area (TPSA) is 62.6 Å². The predicted octanol–water partition coefficient (Wildman–Crippen LogP) is -1.31. The molecule has 0 bridgehead atoms. The molecule has 110 valence electrons. The van der Waals surface area contributed by atoms with E-state index in [0.717, 1.165) is 12.1 Å². The van der Waals surface area contributed by atoms with E-state index in [2.05, 4.69) is 18.8 Å². The van der Waals surface area contributed by atoms with Crippen molar-refractivity contribution in [3.63, 3.8) is 0 Å². The van der Waals surface area contributed by atoms with Crippen LogP contribution in [0.1, 0.15) is 5.69 Å². The molecule has 0 saturated carbocycles. The van der Waals surface area contributed by atoms with Gasteiger partial charge in [-0.2, -0.15) is 13.2 Å². The van der Waals surface area contributed by atoms with E-state index in [1.54, 1.807) is 0 Å². The first-order valence-electron chi connectivity index (χ1n) is 4.95. The van der Waals surface area contributed by atoms with Crippen molar-refractivity contribution in [2.75, 3.05) is 0 Å². The average Bonchev–Trinajstić information content (AvgIpc) is 2.27. The zero-order valence-corrected chi connectivity index (χ0v) is 11.3. The largest absolute Gasteiger partial charge is 1.00 e. The van der Waals surface area contributed by atoms with Gasteiger partial charge in [-0.15, -0.1) is 0 Å². The van der Waals surface area contributed by atoms with Gasteiger partial charge in [-0.05, 0) is 12.2 Å². The number of rotatable bonds is 4. The average molecular weight is 285 g/mol. The predicted molar refractivity (Wildman–Crippen MR) is 62.8 cm³/mol. The van der Waals surface area contributed by atoms with Crippen LogP contribution in [0, 0.1) is 21.3 Å². The van der Waals surface area contributed by atoms with Gasteiger partial charge in [-0.1, -0.05) is 6.07 Å². The summed E-state index contributed by atoms with van der Waals surface area (Å²) in [4.78, 5) is 3.23. The smallest absolute Gasteiger partial charge is 0.505 e. The van der Waals surface area contributed by atoms with Crippen molar-refractivity contribution in [1.82, 2.24) is 4.98 Å². The number of aromatic nitrogens is 1. The SMILES string of the molecule is [CH2-][C@H](O)[C@H](O)[C@H]([CH2-])Oc1cccc(C(F)(F)F)n1.[CH3-].[Li+]. The molecule has 0 aliphatic rings. The number of hydrogen-bond donors (Lipinski definition) is 2. The zero-order chi connectivity index (χ0) is 13.9. The molecule has 0 fully saturated rings. The number of pyridine rings is 1. The van der Waals surface area contributed by atoms with Crippen LogP contribution >= 0.6 is 0 Å². The summed E-state index contributed by atoms with van der Waals surface area (Å²) in [6.45, 7) is 6.50. The van der Waals surface area contributed by atoms with Crippen molar-refractivity contribution in [1.29, 1.82) is 0 Å². The second-order valence-corrected chi connectivity index (χ2v) is 3.57. The van der Waals surface area contributed by atoms with Gasteiger partial charge < -0.3 is 36.2 Å². The van der Waals surface area contributed by atoms with Crippen LogP contribution in [-0.2, 0) is 6.18 Å². The number of halogens is 3. The molecule has 1 aromatic heterocycles. The fourth-order valence-electron chi connectivity index (χ4n) is 1.11. The van der Waals surface area contributed by atoms with Crippen molar-refractivity contribution in [2.45, 2.75) is 24.5 Å². The maximum atomic E-state index is 12.4. The van der Waals surface area contributed by atoms with Crippen molar-refractivity contribution >= 4 is 0 Å². The molecule has 1 rings (SSSR count). The van der Waals surface area contributed by atoms with Gasteiger partial charge in [0.2, 0.25) is 5.88 Å². The molecule has 2 N–H and O–H groups in total. The molecule has 4 nitrogen and oxygen atoms in total. The Morgan fingerprint density at radius 3 is 2.20 bits per heavy atom. The fourth-order valence-corrected chi connectivity index (χ4v) is 1.11. The Hall–Kier alpha value is -0.743. The summed E-state index contributed by atoms with van der Waals surface area (Å²) >= 11 is 0. The zero-order valence-electron chi connectivity index (χ0n) is 11.3. The molecule has 0 aliphatic carbocycles. The van der Waals surface area contributed by atoms with Gasteiger partial charge in [0.25, 0.3) is 0 Å². The van der Waals surface area contributed by atoms with E-state index in [1.165, 1.54) is 6.07 Å². The second-order valence-electron chi connectivity index (χ2n) is 3.57. The van der Waals surface area contributed by atoms with Crippen molar-refractivity contribution < 1.29 is 47.0 Å². The molecular formula is C12H15F3LiNO3-2. The quantitative estimate of drug-likeness (QED) is 0.533. The first-order chi connectivity index (χ1) is 8.21. The van der Waals surface area contributed by atoms with E-state index in [0.29, 0.717) is 0 Å². The van der Waals surface area contributed by atoms with Crippen LogP contribution in [0.5, 0.6) is 5.88 Å². The standard InChI is InChI=1S/C11H12F3NO3.CH3.Li/c1-6(16)10(17)7(2)18-9-5-3-4-8(15-9)11(12,13)14;;/h3-7,10,16-17H,1-2H2;1H3;/q-2;-1;+1/t6-,7-,10-;;/m0../s1. The number of alkyl halides is 3. The summed E-state index contributed by atoms with van der Waals surface area (Å²) in [7, 11) is 0. The molecule has 20 heavy (non-hydrogen) atoms. The minimum atomic E-state index is -4.58. The third-order valence-corrected chi connectivity index (χ3v) is 2.06. The van der Waals surface area contributed by atoms with Crippen LogP contribution < -0.4 is 23.6 Å². The van der Waals surface area contributed by atoms with E-state index < -0.39 is 30.2 Å². The molecule has 0 aliphatic heterocycles. The van der Waals surface area contributed by atoms with Gasteiger partial charge in [0.05, 0.1) is 6.10 Å². The Balaban J connectivity index is 0. The van der Waals surface area contributed by atoms with Crippen LogP contribution in [0.2, 0.25) is 0 Å². The molecule has 1 aromatic rings. The van der Waals surface area contributed by atoms with E-state index in [1.807, 2.05) is 0 Å². The normalized spacial score (nSPS) is 15.3. The Kier molecular flexibility index (Phi) is 9.19. The summed E-state index contributed by atoms with van der Waals surface area (Å²) in [5.74, 6) is -0.343. The minimum absolute atomic E-state index is 0. The summed E-state index contributed by atoms with van der Waals surface area (Å²) in [5.41, 5.74) is -1.11. The Morgan fingerprint density at radius 2 is 1.75 bits per heavy atom. The summed E-state index contributed by atoms with van der Waals surface area (Å²) < 4.78 is 42.0. The molecule has 0 unspecified atom stereocenters. The van der Waals surface area contributed by atoms with Crippen molar-refractivity contribution in [2.24, 2.45) is 0 Å². The number of nitrogens with zero attached hydrogens (tertiary/aromatic N) is 1. The Labute approximate surface area is 128 Å². The first-order valence-corrected chi connectivity index (χ1v) is 4.95. The summed E-state index contributed by atoms with van der Waals surface area (Å²) in [5, 5.41) is 18.3. The van der Waals surface area contributed by atoms with E-state index in [9.17, 15) is 18.3 Å². The molecule has 0 radical (unpaired) electrons. The summed E-state index contributed by atoms with van der Waals surface area (Å²) in [6, 6.07) is 3.10. The monoisotopic (exact) mass is 285 g/mol. The van der Waals surface area contributed by atoms with Gasteiger partial charge in [-0.25, -0.2) is 4.98 Å². The van der Waals surface area contributed by atoms with Gasteiger partial charge in [-0.3, -0.25) is 0 Å². The van der Waals surface area contributed by atoms with Crippen LogP contribution in [0.25, 0.3) is 0 Å². The first kappa shape index (κ1) is 21.6. The third-order valence-electron chi connectivity index (χ3n) is 2.06. The van der Waals surface area contributed by atoms with Gasteiger partial charge >= 0.3 is 25.0 Å². The van der Waals surface area contributed by atoms with E-state index in [4.69, 9.17) is 9.84 Å². The van der Waals surface area contributed by atoms with Gasteiger partial charge in [0.15, 0.2) is 0 Å². The molecule has 0 amide bonds. The maximum Gasteiger partial charge on any atom is 1.00 e. The number of aliphatic hydroxyl groups is 2. The second kappa shape index (κ2) is 8.52. The van der Waals surface area contributed by atoms with E-state index in [-0.39, 0.29) is 32.2 Å². The van der Waals surface area contributed by atoms with E-state index >= 15 is 0 Å². The van der Waals surface area contributed by atoms with Crippen LogP contribution in [0.15, 0.2) is 18.2 Å². The Bertz CT molecular complexity index is 402. The molecule has 0 saturated heterocycles. The van der Waals surface area contributed by atoms with Crippen molar-refractivity contribution in [3.05, 3.63) is 45.2 Å². The van der Waals surface area contributed by atoms with Crippen LogP contribution in [-0.4, -0.2) is 33.5 Å². The molecule has 8 heteroatoms.